The molecule has 3 atom stereocenters. The van der Waals surface area contributed by atoms with Crippen LogP contribution in [0.5, 0.6) is 11.5 Å². The molecule has 8 nitrogen and oxygen atoms in total. The fourth-order valence-electron chi connectivity index (χ4n) is 3.67. The number of carbonyl (C=O) groups excluding carboxylic acids is 2. The number of para-hydroxylation sites is 3. The molecule has 33 heavy (non-hydrogen) atoms. The second-order valence-electron chi connectivity index (χ2n) is 7.96. The van der Waals surface area contributed by atoms with Crippen LogP contribution in [0.2, 0.25) is 0 Å². The van der Waals surface area contributed by atoms with Crippen molar-refractivity contribution in [2.24, 2.45) is 0 Å². The van der Waals surface area contributed by atoms with Crippen molar-refractivity contribution in [3.05, 3.63) is 66.4 Å². The molecule has 2 amide bonds. The van der Waals surface area contributed by atoms with E-state index < -0.39 is 30.0 Å². The fourth-order valence-corrected chi connectivity index (χ4v) is 3.67. The van der Waals surface area contributed by atoms with E-state index >= 15 is 0 Å². The van der Waals surface area contributed by atoms with Crippen molar-refractivity contribution in [3.8, 4) is 11.5 Å². The van der Waals surface area contributed by atoms with Crippen LogP contribution in [0.4, 0.5) is 0 Å². The van der Waals surface area contributed by atoms with Crippen LogP contribution in [0.3, 0.4) is 0 Å². The Hall–Kier alpha value is -3.65. The maximum absolute atomic E-state index is 13.0. The summed E-state index contributed by atoms with van der Waals surface area (Å²) in [5.41, 5.74) is 0.943. The molecule has 2 aromatic carbocycles. The number of fused-ring (bicyclic) bond motifs is 2. The number of nitrogens with one attached hydrogen (secondary N) is 2. The van der Waals surface area contributed by atoms with Crippen LogP contribution >= 0.6 is 0 Å². The molecule has 1 aliphatic rings. The molecule has 2 heterocycles. The van der Waals surface area contributed by atoms with Crippen LogP contribution in [-0.4, -0.2) is 53.3 Å². The molecule has 3 aromatic rings. The third-order valence-electron chi connectivity index (χ3n) is 5.50. The zero-order valence-corrected chi connectivity index (χ0v) is 18.4. The first-order valence-electron chi connectivity index (χ1n) is 11.0. The lowest BCUT2D eigenvalue weighted by atomic mass is 10.1. The van der Waals surface area contributed by atoms with E-state index in [1.165, 1.54) is 0 Å². The van der Waals surface area contributed by atoms with Gasteiger partial charge in [0.05, 0.1) is 11.6 Å². The van der Waals surface area contributed by atoms with Gasteiger partial charge in [0, 0.05) is 5.39 Å². The van der Waals surface area contributed by atoms with E-state index in [-0.39, 0.29) is 18.9 Å². The van der Waals surface area contributed by atoms with Gasteiger partial charge in [0.15, 0.2) is 11.5 Å². The Morgan fingerprint density at radius 3 is 2.48 bits per heavy atom. The van der Waals surface area contributed by atoms with Crippen molar-refractivity contribution < 1.29 is 24.2 Å². The van der Waals surface area contributed by atoms with E-state index in [1.54, 1.807) is 18.2 Å². The Bertz CT molecular complexity index is 1140. The third-order valence-corrected chi connectivity index (χ3v) is 5.50. The number of aliphatic hydroxyl groups excluding tert-OH is 1. The average molecular weight is 450 g/mol. The van der Waals surface area contributed by atoms with Gasteiger partial charge in [-0.05, 0) is 30.7 Å². The molecule has 8 heteroatoms. The number of ether oxygens (including phenoxy) is 2. The minimum Gasteiger partial charge on any atom is -0.487 e. The first kappa shape index (κ1) is 22.5. The highest BCUT2D eigenvalue weighted by Crippen LogP contribution is 2.28. The van der Waals surface area contributed by atoms with Gasteiger partial charge in [-0.2, -0.15) is 0 Å². The standard InChI is InChI=1S/C25H27N3O5/c1-2-7-18(27-25(31)19-13-12-16-8-3-4-9-17(16)26-19)24(30)28-20-14-32-22-10-5-6-11-23(22)33-15-21(20)29/h3-6,8-13,18,20-21,29H,2,7,14-15H2,1H3,(H,27,31)(H,28,30)/t18?,20?,21-/m1/s1. The predicted molar refractivity (Wildman–Crippen MR) is 123 cm³/mol. The summed E-state index contributed by atoms with van der Waals surface area (Å²) in [7, 11) is 0. The molecule has 0 spiro atoms. The van der Waals surface area contributed by atoms with Gasteiger partial charge in [0.25, 0.3) is 5.91 Å². The first-order valence-corrected chi connectivity index (χ1v) is 11.0. The Morgan fingerprint density at radius 1 is 1.03 bits per heavy atom. The zero-order valence-electron chi connectivity index (χ0n) is 18.4. The third kappa shape index (κ3) is 5.40. The highest BCUT2D eigenvalue weighted by Gasteiger charge is 2.29. The van der Waals surface area contributed by atoms with Gasteiger partial charge in [-0.15, -0.1) is 0 Å². The second-order valence-corrected chi connectivity index (χ2v) is 7.96. The largest absolute Gasteiger partial charge is 0.487 e. The van der Waals surface area contributed by atoms with Crippen molar-refractivity contribution in [2.45, 2.75) is 38.0 Å². The number of carbonyl (C=O) groups is 2. The van der Waals surface area contributed by atoms with Gasteiger partial charge in [0.2, 0.25) is 5.91 Å². The lowest BCUT2D eigenvalue weighted by Crippen LogP contribution is -2.55. The summed E-state index contributed by atoms with van der Waals surface area (Å²) < 4.78 is 11.4. The Morgan fingerprint density at radius 2 is 1.73 bits per heavy atom. The summed E-state index contributed by atoms with van der Waals surface area (Å²) in [6, 6.07) is 16.7. The lowest BCUT2D eigenvalue weighted by molar-refractivity contribution is -0.125. The van der Waals surface area contributed by atoms with Crippen LogP contribution in [-0.2, 0) is 4.79 Å². The van der Waals surface area contributed by atoms with E-state index in [2.05, 4.69) is 15.6 Å². The molecule has 1 aliphatic heterocycles. The van der Waals surface area contributed by atoms with E-state index in [1.807, 2.05) is 49.4 Å². The Labute approximate surface area is 191 Å². The summed E-state index contributed by atoms with van der Waals surface area (Å²) in [4.78, 5) is 30.2. The molecule has 3 N–H and O–H groups in total. The van der Waals surface area contributed by atoms with E-state index in [0.29, 0.717) is 29.9 Å². The molecule has 1 aromatic heterocycles. The monoisotopic (exact) mass is 449 g/mol. The lowest BCUT2D eigenvalue weighted by Gasteiger charge is -2.29. The van der Waals surface area contributed by atoms with Gasteiger partial charge in [-0.1, -0.05) is 49.7 Å². The molecule has 2 unspecified atom stereocenters. The number of nitrogens with zero attached hydrogens (tertiary/aromatic N) is 1. The molecule has 4 rings (SSSR count). The summed E-state index contributed by atoms with van der Waals surface area (Å²) in [6.07, 6.45) is 0.153. The smallest absolute Gasteiger partial charge is 0.270 e. The van der Waals surface area contributed by atoms with E-state index in [9.17, 15) is 14.7 Å². The van der Waals surface area contributed by atoms with Crippen molar-refractivity contribution in [1.29, 1.82) is 0 Å². The highest BCUT2D eigenvalue weighted by atomic mass is 16.5. The van der Waals surface area contributed by atoms with Gasteiger partial charge >= 0.3 is 0 Å². The molecular weight excluding hydrogens is 422 g/mol. The Balaban J connectivity index is 1.43. The highest BCUT2D eigenvalue weighted by molar-refractivity contribution is 5.97. The van der Waals surface area contributed by atoms with Gasteiger partial charge < -0.3 is 25.2 Å². The normalized spacial score (nSPS) is 18.6. The van der Waals surface area contributed by atoms with Gasteiger partial charge in [-0.3, -0.25) is 9.59 Å². The number of rotatable bonds is 6. The van der Waals surface area contributed by atoms with Crippen LogP contribution in [0, 0.1) is 0 Å². The topological polar surface area (TPSA) is 110 Å². The number of amides is 2. The molecule has 0 saturated carbocycles. The number of pyridine rings is 1. The van der Waals surface area contributed by atoms with Crippen LogP contribution < -0.4 is 20.1 Å². The van der Waals surface area contributed by atoms with E-state index in [4.69, 9.17) is 9.47 Å². The minimum absolute atomic E-state index is 0.0110. The molecular formula is C25H27N3O5. The van der Waals surface area contributed by atoms with Crippen LogP contribution in [0.1, 0.15) is 30.3 Å². The second kappa shape index (κ2) is 10.3. The number of aliphatic hydroxyl groups is 1. The number of hydrogen-bond acceptors (Lipinski definition) is 6. The molecule has 0 saturated heterocycles. The summed E-state index contributed by atoms with van der Waals surface area (Å²) in [5, 5.41) is 17.0. The first-order chi connectivity index (χ1) is 16.0. The van der Waals surface area contributed by atoms with Crippen molar-refractivity contribution in [2.75, 3.05) is 13.2 Å². The molecule has 0 bridgehead atoms. The summed E-state index contributed by atoms with van der Waals surface area (Å²) in [5.74, 6) is 0.262. The number of hydrogen-bond donors (Lipinski definition) is 3. The summed E-state index contributed by atoms with van der Waals surface area (Å²) in [6.45, 7) is 2.02. The SMILES string of the molecule is CCCC(NC(=O)c1ccc2ccccc2n1)C(=O)NC1COc2ccccc2OC[C@H]1O. The zero-order chi connectivity index (χ0) is 23.2. The fraction of sp³-hybridized carbons (Fsp3) is 0.320. The predicted octanol–water partition coefficient (Wildman–Crippen LogP) is 2.45. The van der Waals surface area contributed by atoms with Crippen molar-refractivity contribution in [3.63, 3.8) is 0 Å². The molecule has 0 fully saturated rings. The Kier molecular flexibility index (Phi) is 7.04. The van der Waals surface area contributed by atoms with E-state index in [0.717, 1.165) is 5.39 Å². The molecule has 0 aliphatic carbocycles. The number of benzene rings is 2. The van der Waals surface area contributed by atoms with Gasteiger partial charge in [0.1, 0.15) is 31.1 Å². The van der Waals surface area contributed by atoms with Crippen molar-refractivity contribution >= 4 is 22.7 Å². The quantitative estimate of drug-likeness (QED) is 0.533. The van der Waals surface area contributed by atoms with Crippen molar-refractivity contribution in [1.82, 2.24) is 15.6 Å². The number of aromatic nitrogens is 1. The van der Waals surface area contributed by atoms with Crippen LogP contribution in [0.15, 0.2) is 60.7 Å². The minimum atomic E-state index is -0.970. The maximum Gasteiger partial charge on any atom is 0.270 e. The average Bonchev–Trinajstić information content (AvgIpc) is 2.83. The molecule has 0 radical (unpaired) electrons. The summed E-state index contributed by atoms with van der Waals surface area (Å²) >= 11 is 0. The van der Waals surface area contributed by atoms with Gasteiger partial charge in [-0.25, -0.2) is 4.98 Å². The molecule has 172 valence electrons. The maximum atomic E-state index is 13.0. The van der Waals surface area contributed by atoms with Crippen LogP contribution in [0.25, 0.3) is 10.9 Å².